The van der Waals surface area contributed by atoms with Gasteiger partial charge in [-0.05, 0) is 42.3 Å². The zero-order chi connectivity index (χ0) is 15.2. The number of aliphatic hydroxyl groups is 1. The molecule has 2 heterocycles. The molecule has 6 heteroatoms. The highest BCUT2D eigenvalue weighted by Gasteiger charge is 2.17. The molecular formula is C15H19NO4S. The molecule has 0 aliphatic heterocycles. The van der Waals surface area contributed by atoms with Crippen LogP contribution >= 0.6 is 11.3 Å². The Kier molecular flexibility index (Phi) is 5.55. The van der Waals surface area contributed by atoms with Crippen molar-refractivity contribution in [1.29, 1.82) is 0 Å². The van der Waals surface area contributed by atoms with Crippen LogP contribution in [-0.4, -0.2) is 30.8 Å². The number of ether oxygens (including phenoxy) is 1. The van der Waals surface area contributed by atoms with Gasteiger partial charge in [0.15, 0.2) is 0 Å². The Hall–Kier alpha value is -1.63. The van der Waals surface area contributed by atoms with Gasteiger partial charge in [-0.25, -0.2) is 0 Å². The van der Waals surface area contributed by atoms with Crippen LogP contribution in [0.4, 0.5) is 0 Å². The lowest BCUT2D eigenvalue weighted by Gasteiger charge is -2.17. The second kappa shape index (κ2) is 7.40. The lowest BCUT2D eigenvalue weighted by atomic mass is 10.2. The Balaban J connectivity index is 1.98. The zero-order valence-corrected chi connectivity index (χ0v) is 12.9. The summed E-state index contributed by atoms with van der Waals surface area (Å²) in [4.78, 5) is 12.2. The normalized spacial score (nSPS) is 12.3. The van der Waals surface area contributed by atoms with Crippen LogP contribution in [0.15, 0.2) is 27.3 Å². The highest BCUT2D eigenvalue weighted by atomic mass is 32.1. The number of thiophene rings is 1. The summed E-state index contributed by atoms with van der Waals surface area (Å²) in [6.45, 7) is 4.11. The minimum Gasteiger partial charge on any atom is -0.466 e. The molecule has 2 aromatic rings. The van der Waals surface area contributed by atoms with Crippen molar-refractivity contribution in [2.45, 2.75) is 20.0 Å². The van der Waals surface area contributed by atoms with E-state index in [1.54, 1.807) is 24.3 Å². The zero-order valence-electron chi connectivity index (χ0n) is 12.1. The van der Waals surface area contributed by atoms with E-state index in [0.29, 0.717) is 23.6 Å². The van der Waals surface area contributed by atoms with Gasteiger partial charge in [0, 0.05) is 6.54 Å². The molecule has 2 N–H and O–H groups in total. The summed E-state index contributed by atoms with van der Waals surface area (Å²) in [7, 11) is 0. The lowest BCUT2D eigenvalue weighted by molar-refractivity contribution is 0.0279. The Morgan fingerprint density at radius 2 is 2.33 bits per heavy atom. The van der Waals surface area contributed by atoms with Crippen molar-refractivity contribution in [2.75, 3.05) is 19.8 Å². The third-order valence-electron chi connectivity index (χ3n) is 3.06. The molecule has 0 aliphatic rings. The third-order valence-corrected chi connectivity index (χ3v) is 3.76. The van der Waals surface area contributed by atoms with Gasteiger partial charge in [-0.3, -0.25) is 4.79 Å². The maximum Gasteiger partial charge on any atom is 0.254 e. The number of hydrogen-bond donors (Lipinski definition) is 2. The Morgan fingerprint density at radius 1 is 1.52 bits per heavy atom. The number of aryl methyl sites for hydroxylation is 2. The van der Waals surface area contributed by atoms with E-state index in [9.17, 15) is 4.79 Å². The molecule has 0 spiro atoms. The fraction of sp³-hybridized carbons (Fsp3) is 0.400. The summed E-state index contributed by atoms with van der Waals surface area (Å²) < 4.78 is 10.9. The fourth-order valence-corrected chi connectivity index (χ4v) is 2.76. The predicted octanol–water partition coefficient (Wildman–Crippen LogP) is 2.44. The smallest absolute Gasteiger partial charge is 0.254 e. The molecule has 0 aliphatic carbocycles. The number of rotatable bonds is 7. The molecule has 1 atom stereocenters. The van der Waals surface area contributed by atoms with E-state index >= 15 is 0 Å². The number of furan rings is 1. The monoisotopic (exact) mass is 309 g/mol. The molecule has 1 unspecified atom stereocenters. The van der Waals surface area contributed by atoms with Crippen molar-refractivity contribution in [2.24, 2.45) is 0 Å². The summed E-state index contributed by atoms with van der Waals surface area (Å²) in [6.07, 6.45) is -0.263. The van der Waals surface area contributed by atoms with E-state index < -0.39 is 0 Å². The molecule has 0 saturated carbocycles. The summed E-state index contributed by atoms with van der Waals surface area (Å²) in [5, 5.41) is 15.7. The topological polar surface area (TPSA) is 71.7 Å². The molecule has 5 nitrogen and oxygen atoms in total. The number of nitrogens with one attached hydrogen (secondary N) is 1. The van der Waals surface area contributed by atoms with Crippen molar-refractivity contribution in [3.05, 3.63) is 45.5 Å². The first-order valence-corrected chi connectivity index (χ1v) is 7.66. The van der Waals surface area contributed by atoms with Gasteiger partial charge in [0.2, 0.25) is 0 Å². The van der Waals surface area contributed by atoms with Crippen LogP contribution in [0.1, 0.15) is 33.5 Å². The third kappa shape index (κ3) is 4.17. The van der Waals surface area contributed by atoms with Gasteiger partial charge in [0.1, 0.15) is 17.6 Å². The van der Waals surface area contributed by atoms with E-state index in [4.69, 9.17) is 14.3 Å². The van der Waals surface area contributed by atoms with Crippen molar-refractivity contribution >= 4 is 17.2 Å². The van der Waals surface area contributed by atoms with Gasteiger partial charge in [0.05, 0.1) is 18.8 Å². The number of carbonyl (C=O) groups is 1. The van der Waals surface area contributed by atoms with Crippen LogP contribution in [0.2, 0.25) is 0 Å². The summed E-state index contributed by atoms with van der Waals surface area (Å²) >= 11 is 1.57. The Labute approximate surface area is 127 Å². The molecule has 114 valence electrons. The molecule has 0 aromatic carbocycles. The van der Waals surface area contributed by atoms with Gasteiger partial charge >= 0.3 is 0 Å². The van der Waals surface area contributed by atoms with Crippen LogP contribution in [0.3, 0.4) is 0 Å². The highest BCUT2D eigenvalue weighted by molar-refractivity contribution is 7.07. The van der Waals surface area contributed by atoms with Crippen LogP contribution in [0.25, 0.3) is 0 Å². The van der Waals surface area contributed by atoms with E-state index in [0.717, 1.165) is 5.56 Å². The highest BCUT2D eigenvalue weighted by Crippen LogP contribution is 2.20. The number of amides is 1. The van der Waals surface area contributed by atoms with Crippen molar-refractivity contribution in [3.8, 4) is 0 Å². The van der Waals surface area contributed by atoms with Crippen molar-refractivity contribution in [1.82, 2.24) is 5.32 Å². The average molecular weight is 309 g/mol. The maximum atomic E-state index is 12.2. The molecule has 2 aromatic heterocycles. The summed E-state index contributed by atoms with van der Waals surface area (Å²) in [5.74, 6) is 1.13. The van der Waals surface area contributed by atoms with E-state index in [1.165, 1.54) is 0 Å². The average Bonchev–Trinajstić information content (AvgIpc) is 3.08. The minimum atomic E-state index is -0.263. The number of hydrogen-bond acceptors (Lipinski definition) is 5. The van der Waals surface area contributed by atoms with Crippen molar-refractivity contribution in [3.63, 3.8) is 0 Å². The largest absolute Gasteiger partial charge is 0.466 e. The molecule has 0 bridgehead atoms. The molecule has 2 rings (SSSR count). The first-order chi connectivity index (χ1) is 10.1. The first kappa shape index (κ1) is 15.8. The molecule has 0 saturated heterocycles. The maximum absolute atomic E-state index is 12.2. The van der Waals surface area contributed by atoms with Crippen molar-refractivity contribution < 1.29 is 19.1 Å². The number of carbonyl (C=O) groups excluding carboxylic acids is 1. The minimum absolute atomic E-state index is 0.0470. The summed E-state index contributed by atoms with van der Waals surface area (Å²) in [5.41, 5.74) is 1.53. The van der Waals surface area contributed by atoms with Gasteiger partial charge < -0.3 is 19.6 Å². The Bertz CT molecular complexity index is 577. The molecule has 1 amide bonds. The summed E-state index contributed by atoms with van der Waals surface area (Å²) in [6, 6.07) is 3.67. The quantitative estimate of drug-likeness (QED) is 0.824. The van der Waals surface area contributed by atoms with E-state index in [2.05, 4.69) is 5.32 Å². The lowest BCUT2D eigenvalue weighted by Crippen LogP contribution is -2.30. The van der Waals surface area contributed by atoms with Gasteiger partial charge in [-0.15, -0.1) is 0 Å². The standard InChI is InChI=1S/C15H19NO4S/c1-10-7-13(11(2)20-10)15(18)16-8-14(19-5-4-17)12-3-6-21-9-12/h3,6-7,9,14,17H,4-5,8H2,1-2H3,(H,16,18). The van der Waals surface area contributed by atoms with Crippen LogP contribution in [-0.2, 0) is 4.74 Å². The predicted molar refractivity (Wildman–Crippen MR) is 80.6 cm³/mol. The van der Waals surface area contributed by atoms with E-state index in [-0.39, 0.29) is 25.2 Å². The van der Waals surface area contributed by atoms with Gasteiger partial charge in [-0.2, -0.15) is 11.3 Å². The molecule has 0 fully saturated rings. The van der Waals surface area contributed by atoms with Gasteiger partial charge in [0.25, 0.3) is 5.91 Å². The van der Waals surface area contributed by atoms with Crippen LogP contribution in [0, 0.1) is 13.8 Å². The molecule has 0 radical (unpaired) electrons. The Morgan fingerprint density at radius 3 is 2.90 bits per heavy atom. The van der Waals surface area contributed by atoms with E-state index in [1.807, 2.05) is 23.8 Å². The SMILES string of the molecule is Cc1cc(C(=O)NCC(OCCO)c2ccsc2)c(C)o1. The molecule has 21 heavy (non-hydrogen) atoms. The second-order valence-electron chi connectivity index (χ2n) is 4.68. The second-order valence-corrected chi connectivity index (χ2v) is 5.46. The fourth-order valence-electron chi connectivity index (χ4n) is 2.06. The first-order valence-electron chi connectivity index (χ1n) is 6.71. The van der Waals surface area contributed by atoms with Gasteiger partial charge in [-0.1, -0.05) is 0 Å². The van der Waals surface area contributed by atoms with Crippen LogP contribution in [0.5, 0.6) is 0 Å². The van der Waals surface area contributed by atoms with Crippen LogP contribution < -0.4 is 5.32 Å². The molecular weight excluding hydrogens is 290 g/mol. The number of aliphatic hydroxyl groups excluding tert-OH is 1.